The molecule has 1 aromatic carbocycles. The molecule has 2 aromatic rings. The van der Waals surface area contributed by atoms with Crippen molar-refractivity contribution in [3.05, 3.63) is 54.4 Å². The molecule has 1 heterocycles. The summed E-state index contributed by atoms with van der Waals surface area (Å²) in [5.74, 6) is 1.06. The zero-order chi connectivity index (χ0) is 17.5. The van der Waals surface area contributed by atoms with Gasteiger partial charge in [-0.15, -0.1) is 0 Å². The lowest BCUT2D eigenvalue weighted by molar-refractivity contribution is 0.0246. The van der Waals surface area contributed by atoms with E-state index >= 15 is 0 Å². The van der Waals surface area contributed by atoms with Gasteiger partial charge in [-0.25, -0.2) is 0 Å². The maximum absolute atomic E-state index is 12.4. The first-order chi connectivity index (χ1) is 12.1. The van der Waals surface area contributed by atoms with Crippen LogP contribution < -0.4 is 10.1 Å². The number of hydrogen-bond acceptors (Lipinski definition) is 4. The molecule has 3 rings (SSSR count). The van der Waals surface area contributed by atoms with Crippen LogP contribution in [0.3, 0.4) is 0 Å². The van der Waals surface area contributed by atoms with Crippen molar-refractivity contribution in [2.45, 2.75) is 44.1 Å². The van der Waals surface area contributed by atoms with Crippen molar-refractivity contribution in [2.24, 2.45) is 0 Å². The van der Waals surface area contributed by atoms with Crippen LogP contribution in [0, 0.1) is 0 Å². The molecule has 1 aromatic heterocycles. The van der Waals surface area contributed by atoms with Gasteiger partial charge in [0.05, 0.1) is 5.60 Å². The molecule has 0 saturated heterocycles. The zero-order valence-corrected chi connectivity index (χ0v) is 14.3. The third-order valence-electron chi connectivity index (χ3n) is 4.59. The number of nitrogens with one attached hydrogen (secondary N) is 1. The molecule has 5 heteroatoms. The Morgan fingerprint density at radius 3 is 2.52 bits per heavy atom. The summed E-state index contributed by atoms with van der Waals surface area (Å²) >= 11 is 0. The van der Waals surface area contributed by atoms with Gasteiger partial charge in [0.15, 0.2) is 0 Å². The topological polar surface area (TPSA) is 71.5 Å². The highest BCUT2D eigenvalue weighted by Gasteiger charge is 2.28. The SMILES string of the molecule is O=C(NCC1(O)CCCCCC1)c1cccc(Oc2ccncc2)c1. The third kappa shape index (κ3) is 5.03. The second-order valence-corrected chi connectivity index (χ2v) is 6.63. The average Bonchev–Trinajstić information content (AvgIpc) is 2.86. The van der Waals surface area contributed by atoms with Crippen molar-refractivity contribution < 1.29 is 14.6 Å². The fourth-order valence-electron chi connectivity index (χ4n) is 3.15. The van der Waals surface area contributed by atoms with Crippen LogP contribution in [0.2, 0.25) is 0 Å². The molecular formula is C20H24N2O3. The highest BCUT2D eigenvalue weighted by Crippen LogP contribution is 2.26. The summed E-state index contributed by atoms with van der Waals surface area (Å²) in [6.45, 7) is 0.293. The van der Waals surface area contributed by atoms with E-state index in [4.69, 9.17) is 4.74 Å². The molecule has 5 nitrogen and oxygen atoms in total. The number of nitrogens with zero attached hydrogens (tertiary/aromatic N) is 1. The minimum Gasteiger partial charge on any atom is -0.457 e. The molecule has 1 fully saturated rings. The number of hydrogen-bond donors (Lipinski definition) is 2. The summed E-state index contributed by atoms with van der Waals surface area (Å²) in [6, 6.07) is 10.5. The first-order valence-corrected chi connectivity index (χ1v) is 8.83. The number of amides is 1. The van der Waals surface area contributed by atoms with Gasteiger partial charge in [-0.2, -0.15) is 0 Å². The number of rotatable bonds is 5. The van der Waals surface area contributed by atoms with E-state index in [0.29, 0.717) is 23.6 Å². The number of pyridine rings is 1. The fourth-order valence-corrected chi connectivity index (χ4v) is 3.15. The minimum atomic E-state index is -0.780. The smallest absolute Gasteiger partial charge is 0.251 e. The van der Waals surface area contributed by atoms with E-state index in [0.717, 1.165) is 38.5 Å². The summed E-state index contributed by atoms with van der Waals surface area (Å²) in [5, 5.41) is 13.5. The van der Waals surface area contributed by atoms with Gasteiger partial charge in [-0.3, -0.25) is 9.78 Å². The van der Waals surface area contributed by atoms with Crippen molar-refractivity contribution in [3.8, 4) is 11.5 Å². The molecule has 25 heavy (non-hydrogen) atoms. The molecule has 1 aliphatic rings. The third-order valence-corrected chi connectivity index (χ3v) is 4.59. The highest BCUT2D eigenvalue weighted by molar-refractivity contribution is 5.94. The lowest BCUT2D eigenvalue weighted by Gasteiger charge is -2.26. The van der Waals surface area contributed by atoms with Crippen LogP contribution in [0.25, 0.3) is 0 Å². The normalized spacial score (nSPS) is 16.7. The number of carbonyl (C=O) groups excluding carboxylic acids is 1. The van der Waals surface area contributed by atoms with Crippen molar-refractivity contribution in [1.29, 1.82) is 0 Å². The van der Waals surface area contributed by atoms with Crippen molar-refractivity contribution in [1.82, 2.24) is 10.3 Å². The second-order valence-electron chi connectivity index (χ2n) is 6.63. The van der Waals surface area contributed by atoms with Gasteiger partial charge in [-0.1, -0.05) is 31.7 Å². The van der Waals surface area contributed by atoms with Crippen LogP contribution in [0.15, 0.2) is 48.8 Å². The Hall–Kier alpha value is -2.40. The second kappa shape index (κ2) is 8.12. The van der Waals surface area contributed by atoms with Crippen LogP contribution in [0.1, 0.15) is 48.9 Å². The number of aliphatic hydroxyl groups is 1. The largest absolute Gasteiger partial charge is 0.457 e. The maximum Gasteiger partial charge on any atom is 0.251 e. The Labute approximate surface area is 148 Å². The van der Waals surface area contributed by atoms with Gasteiger partial charge in [0.2, 0.25) is 0 Å². The predicted octanol–water partition coefficient (Wildman–Crippen LogP) is 3.69. The Kier molecular flexibility index (Phi) is 5.66. The van der Waals surface area contributed by atoms with Crippen molar-refractivity contribution in [2.75, 3.05) is 6.54 Å². The van der Waals surface area contributed by atoms with E-state index in [2.05, 4.69) is 10.3 Å². The average molecular weight is 340 g/mol. The van der Waals surface area contributed by atoms with Crippen LogP contribution in [0.5, 0.6) is 11.5 Å². The number of benzene rings is 1. The summed E-state index contributed by atoms with van der Waals surface area (Å²) in [4.78, 5) is 16.4. The zero-order valence-electron chi connectivity index (χ0n) is 14.3. The molecule has 0 atom stereocenters. The van der Waals surface area contributed by atoms with Gasteiger partial charge < -0.3 is 15.2 Å². The van der Waals surface area contributed by atoms with Gasteiger partial charge in [-0.05, 0) is 43.2 Å². The molecule has 1 aliphatic carbocycles. The first-order valence-electron chi connectivity index (χ1n) is 8.83. The van der Waals surface area contributed by atoms with Gasteiger partial charge >= 0.3 is 0 Å². The van der Waals surface area contributed by atoms with Gasteiger partial charge in [0, 0.05) is 24.5 Å². The monoisotopic (exact) mass is 340 g/mol. The fraction of sp³-hybridized carbons (Fsp3) is 0.400. The van der Waals surface area contributed by atoms with Gasteiger partial charge in [0.1, 0.15) is 11.5 Å². The van der Waals surface area contributed by atoms with Crippen LogP contribution in [-0.4, -0.2) is 28.1 Å². The van der Waals surface area contributed by atoms with Crippen LogP contribution in [0.4, 0.5) is 0 Å². The molecule has 0 radical (unpaired) electrons. The Bertz CT molecular complexity index is 695. The van der Waals surface area contributed by atoms with E-state index in [1.807, 2.05) is 0 Å². The molecule has 1 amide bonds. The Morgan fingerprint density at radius 2 is 1.80 bits per heavy atom. The van der Waals surface area contributed by atoms with Crippen molar-refractivity contribution in [3.63, 3.8) is 0 Å². The van der Waals surface area contributed by atoms with Crippen molar-refractivity contribution >= 4 is 5.91 Å². The molecule has 2 N–H and O–H groups in total. The number of carbonyl (C=O) groups is 1. The standard InChI is InChI=1S/C20H24N2O3/c23-19(22-15-20(24)10-3-1-2-4-11-20)16-6-5-7-18(14-16)25-17-8-12-21-13-9-17/h5-9,12-14,24H,1-4,10-11,15H2,(H,22,23). The van der Waals surface area contributed by atoms with E-state index in [1.54, 1.807) is 48.8 Å². The predicted molar refractivity (Wildman–Crippen MR) is 95.7 cm³/mol. The van der Waals surface area contributed by atoms with Crippen LogP contribution >= 0.6 is 0 Å². The Morgan fingerprint density at radius 1 is 1.08 bits per heavy atom. The Balaban J connectivity index is 1.61. The summed E-state index contributed by atoms with van der Waals surface area (Å²) in [7, 11) is 0. The molecule has 0 aliphatic heterocycles. The highest BCUT2D eigenvalue weighted by atomic mass is 16.5. The number of aromatic nitrogens is 1. The number of ether oxygens (including phenoxy) is 1. The van der Waals surface area contributed by atoms with E-state index < -0.39 is 5.60 Å². The lowest BCUT2D eigenvalue weighted by atomic mass is 9.94. The summed E-state index contributed by atoms with van der Waals surface area (Å²) < 4.78 is 5.73. The molecule has 0 unspecified atom stereocenters. The van der Waals surface area contributed by atoms with Crippen LogP contribution in [-0.2, 0) is 0 Å². The summed E-state index contributed by atoms with van der Waals surface area (Å²) in [6.07, 6.45) is 9.15. The molecular weight excluding hydrogens is 316 g/mol. The van der Waals surface area contributed by atoms with Gasteiger partial charge in [0.25, 0.3) is 5.91 Å². The van der Waals surface area contributed by atoms with E-state index in [-0.39, 0.29) is 5.91 Å². The molecule has 132 valence electrons. The van der Waals surface area contributed by atoms with E-state index in [9.17, 15) is 9.90 Å². The quantitative estimate of drug-likeness (QED) is 0.814. The first kappa shape index (κ1) is 17.4. The minimum absolute atomic E-state index is 0.196. The maximum atomic E-state index is 12.4. The van der Waals surface area contributed by atoms with E-state index in [1.165, 1.54) is 0 Å². The molecule has 0 spiro atoms. The molecule has 0 bridgehead atoms. The molecule has 1 saturated carbocycles. The summed E-state index contributed by atoms with van der Waals surface area (Å²) in [5.41, 5.74) is -0.263. The lowest BCUT2D eigenvalue weighted by Crippen LogP contribution is -2.42.